The van der Waals surface area contributed by atoms with Gasteiger partial charge >= 0.3 is 0 Å². The van der Waals surface area contributed by atoms with Gasteiger partial charge in [-0.25, -0.2) is 4.39 Å². The molecule has 1 amide bonds. The number of anilines is 1. The molecule has 0 aromatic heterocycles. The summed E-state index contributed by atoms with van der Waals surface area (Å²) in [7, 11) is 0. The number of fused-ring (bicyclic) bond motifs is 2. The zero-order chi connectivity index (χ0) is 17.9. The maximum atomic E-state index is 13.7. The van der Waals surface area contributed by atoms with E-state index in [1.54, 1.807) is 18.2 Å². The number of rotatable bonds is 4. The van der Waals surface area contributed by atoms with Crippen LogP contribution in [0, 0.1) is 5.82 Å². The number of carbonyl (C=O) groups is 1. The number of hydrogen-bond donors (Lipinski definition) is 1. The molecule has 4 nitrogen and oxygen atoms in total. The minimum Gasteiger partial charge on any atom is -0.360 e. The van der Waals surface area contributed by atoms with Gasteiger partial charge in [-0.1, -0.05) is 36.4 Å². The number of hydrogen-bond acceptors (Lipinski definition) is 3. The average Bonchev–Trinajstić information content (AvgIpc) is 3.02. The molecule has 136 valence electrons. The van der Waals surface area contributed by atoms with Crippen molar-refractivity contribution in [3.63, 3.8) is 0 Å². The van der Waals surface area contributed by atoms with Gasteiger partial charge in [-0.2, -0.15) is 0 Å². The predicted molar refractivity (Wildman–Crippen MR) is 100 cm³/mol. The summed E-state index contributed by atoms with van der Waals surface area (Å²) in [6, 6.07) is 15.4. The maximum absolute atomic E-state index is 13.7. The molecule has 0 aliphatic carbocycles. The highest BCUT2D eigenvalue weighted by Crippen LogP contribution is 2.31. The summed E-state index contributed by atoms with van der Waals surface area (Å²) in [6.45, 7) is 3.47. The molecule has 1 saturated heterocycles. The number of nitrogens with one attached hydrogen (secondary N) is 1. The highest BCUT2D eigenvalue weighted by Gasteiger charge is 2.31. The van der Waals surface area contributed by atoms with E-state index in [1.165, 1.54) is 24.5 Å². The summed E-state index contributed by atoms with van der Waals surface area (Å²) in [6.07, 6.45) is 2.40. The second-order valence-electron chi connectivity index (χ2n) is 7.14. The molecule has 2 aliphatic rings. The summed E-state index contributed by atoms with van der Waals surface area (Å²) >= 11 is 0. The van der Waals surface area contributed by atoms with Crippen molar-refractivity contribution in [3.05, 3.63) is 65.5 Å². The van der Waals surface area contributed by atoms with Crippen molar-refractivity contribution in [1.82, 2.24) is 10.2 Å². The van der Waals surface area contributed by atoms with E-state index in [-0.39, 0.29) is 18.3 Å². The molecule has 2 aromatic carbocycles. The number of amides is 1. The molecule has 0 radical (unpaired) electrons. The number of halogens is 1. The highest BCUT2D eigenvalue weighted by atomic mass is 19.1. The van der Waals surface area contributed by atoms with E-state index < -0.39 is 0 Å². The molecule has 4 rings (SSSR count). The highest BCUT2D eigenvalue weighted by molar-refractivity contribution is 5.81. The third kappa shape index (κ3) is 3.58. The summed E-state index contributed by atoms with van der Waals surface area (Å²) < 4.78 is 13.7. The van der Waals surface area contributed by atoms with Gasteiger partial charge in [0.2, 0.25) is 5.91 Å². The monoisotopic (exact) mass is 353 g/mol. The van der Waals surface area contributed by atoms with Crippen molar-refractivity contribution in [2.45, 2.75) is 32.0 Å². The molecule has 26 heavy (non-hydrogen) atoms. The Balaban J connectivity index is 1.46. The number of para-hydroxylation sites is 1. The number of nitrogens with zero attached hydrogens (tertiary/aromatic N) is 2. The van der Waals surface area contributed by atoms with Gasteiger partial charge in [-0.3, -0.25) is 9.69 Å². The third-order valence-corrected chi connectivity index (χ3v) is 5.40. The maximum Gasteiger partial charge on any atom is 0.239 e. The lowest BCUT2D eigenvalue weighted by Gasteiger charge is -2.27. The molecule has 2 aliphatic heterocycles. The van der Waals surface area contributed by atoms with Gasteiger partial charge in [0.05, 0.1) is 6.54 Å². The SMILES string of the molecule is O=C(CN1C[C@H]2CCCN2Cc2ccccc21)NCc1ccccc1F. The van der Waals surface area contributed by atoms with Crippen molar-refractivity contribution in [2.24, 2.45) is 0 Å². The Morgan fingerprint density at radius 1 is 1.15 bits per heavy atom. The minimum atomic E-state index is -0.283. The minimum absolute atomic E-state index is 0.0745. The van der Waals surface area contributed by atoms with Crippen LogP contribution in [0.1, 0.15) is 24.0 Å². The van der Waals surface area contributed by atoms with Gasteiger partial charge in [-0.15, -0.1) is 0 Å². The van der Waals surface area contributed by atoms with Gasteiger partial charge in [-0.05, 0) is 37.1 Å². The van der Waals surface area contributed by atoms with Crippen molar-refractivity contribution in [2.75, 3.05) is 24.5 Å². The van der Waals surface area contributed by atoms with E-state index in [2.05, 4.69) is 33.3 Å². The lowest BCUT2D eigenvalue weighted by Crippen LogP contribution is -2.42. The fourth-order valence-electron chi connectivity index (χ4n) is 4.05. The molecule has 2 heterocycles. The molecule has 0 unspecified atom stereocenters. The Bertz CT molecular complexity index is 794. The fraction of sp³-hybridized carbons (Fsp3) is 0.381. The summed E-state index contributed by atoms with van der Waals surface area (Å²) in [4.78, 5) is 17.2. The van der Waals surface area contributed by atoms with Crippen LogP contribution >= 0.6 is 0 Å². The van der Waals surface area contributed by atoms with Crippen LogP contribution in [0.5, 0.6) is 0 Å². The molecule has 1 N–H and O–H groups in total. The van der Waals surface area contributed by atoms with Gasteiger partial charge in [0.25, 0.3) is 0 Å². The van der Waals surface area contributed by atoms with Crippen LogP contribution in [-0.2, 0) is 17.9 Å². The lowest BCUT2D eigenvalue weighted by atomic mass is 10.1. The average molecular weight is 353 g/mol. The molecule has 1 fully saturated rings. The van der Waals surface area contributed by atoms with Crippen LogP contribution in [0.25, 0.3) is 0 Å². The van der Waals surface area contributed by atoms with E-state index in [0.717, 1.165) is 25.3 Å². The smallest absolute Gasteiger partial charge is 0.239 e. The molecule has 0 spiro atoms. The first kappa shape index (κ1) is 17.0. The Hall–Kier alpha value is -2.40. The van der Waals surface area contributed by atoms with Crippen molar-refractivity contribution < 1.29 is 9.18 Å². The molecular weight excluding hydrogens is 329 g/mol. The Morgan fingerprint density at radius 2 is 1.96 bits per heavy atom. The molecule has 1 atom stereocenters. The van der Waals surface area contributed by atoms with Crippen LogP contribution in [0.2, 0.25) is 0 Å². The lowest BCUT2D eigenvalue weighted by molar-refractivity contribution is -0.119. The zero-order valence-corrected chi connectivity index (χ0v) is 14.8. The van der Waals surface area contributed by atoms with Crippen LogP contribution < -0.4 is 10.2 Å². The standard InChI is InChI=1S/C21H24FN3O/c22-19-9-3-1-6-16(19)12-23-21(26)15-25-14-18-8-5-11-24(18)13-17-7-2-4-10-20(17)25/h1-4,6-7,9-10,18H,5,8,11-15H2,(H,23,26)/t18-/m1/s1. The largest absolute Gasteiger partial charge is 0.360 e. The third-order valence-electron chi connectivity index (χ3n) is 5.40. The van der Waals surface area contributed by atoms with E-state index in [4.69, 9.17) is 0 Å². The number of carbonyl (C=O) groups excluding carboxylic acids is 1. The predicted octanol–water partition coefficient (Wildman–Crippen LogP) is 2.93. The Labute approximate surface area is 153 Å². The van der Waals surface area contributed by atoms with Crippen molar-refractivity contribution in [3.8, 4) is 0 Å². The zero-order valence-electron chi connectivity index (χ0n) is 14.8. The summed E-state index contributed by atoms with van der Waals surface area (Å²) in [5.74, 6) is -0.357. The quantitative estimate of drug-likeness (QED) is 0.918. The normalized spacial score (nSPS) is 19.6. The first-order chi connectivity index (χ1) is 12.7. The molecule has 2 aromatic rings. The van der Waals surface area contributed by atoms with Gasteiger partial charge in [0.1, 0.15) is 5.82 Å². The molecule has 0 bridgehead atoms. The molecule has 0 saturated carbocycles. The van der Waals surface area contributed by atoms with E-state index in [0.29, 0.717) is 18.2 Å². The molecule has 5 heteroatoms. The van der Waals surface area contributed by atoms with Crippen molar-refractivity contribution >= 4 is 11.6 Å². The fourth-order valence-corrected chi connectivity index (χ4v) is 4.05. The first-order valence-corrected chi connectivity index (χ1v) is 9.28. The van der Waals surface area contributed by atoms with Crippen LogP contribution in [-0.4, -0.2) is 36.5 Å². The summed E-state index contributed by atoms with van der Waals surface area (Å²) in [5, 5.41) is 2.86. The van der Waals surface area contributed by atoms with E-state index in [9.17, 15) is 9.18 Å². The second-order valence-corrected chi connectivity index (χ2v) is 7.14. The van der Waals surface area contributed by atoms with Crippen LogP contribution in [0.3, 0.4) is 0 Å². The van der Waals surface area contributed by atoms with Gasteiger partial charge in [0.15, 0.2) is 0 Å². The van der Waals surface area contributed by atoms with Crippen LogP contribution in [0.15, 0.2) is 48.5 Å². The molecular formula is C21H24FN3O. The summed E-state index contributed by atoms with van der Waals surface area (Å²) in [5.41, 5.74) is 2.93. The van der Waals surface area contributed by atoms with Crippen LogP contribution in [0.4, 0.5) is 10.1 Å². The van der Waals surface area contributed by atoms with Crippen molar-refractivity contribution in [1.29, 1.82) is 0 Å². The van der Waals surface area contributed by atoms with E-state index >= 15 is 0 Å². The second kappa shape index (κ2) is 7.46. The number of benzene rings is 2. The van der Waals surface area contributed by atoms with Gasteiger partial charge < -0.3 is 10.2 Å². The first-order valence-electron chi connectivity index (χ1n) is 9.28. The topological polar surface area (TPSA) is 35.6 Å². The van der Waals surface area contributed by atoms with E-state index in [1.807, 2.05) is 6.07 Å². The van der Waals surface area contributed by atoms with Gasteiger partial charge in [0, 0.05) is 36.9 Å². The Kier molecular flexibility index (Phi) is 4.89. The Morgan fingerprint density at radius 3 is 2.85 bits per heavy atom.